The van der Waals surface area contributed by atoms with E-state index < -0.39 is 12.2 Å². The second kappa shape index (κ2) is 14.8. The van der Waals surface area contributed by atoms with Gasteiger partial charge in [-0.1, -0.05) is 71.6 Å². The first-order valence-corrected chi connectivity index (χ1v) is 9.05. The van der Waals surface area contributed by atoms with E-state index >= 15 is 0 Å². The molecular weight excluding hydrogens is 264 g/mol. The van der Waals surface area contributed by atoms with Crippen LogP contribution in [0, 0.1) is 5.92 Å². The van der Waals surface area contributed by atoms with Gasteiger partial charge in [-0.05, 0) is 25.2 Å². The quantitative estimate of drug-likeness (QED) is 0.400. The van der Waals surface area contributed by atoms with E-state index in [-0.39, 0.29) is 6.61 Å². The van der Waals surface area contributed by atoms with Gasteiger partial charge in [-0.25, -0.2) is 0 Å². The van der Waals surface area contributed by atoms with Crippen LogP contribution in [0.3, 0.4) is 0 Å². The number of unbranched alkanes of at least 4 members (excludes halogenated alkanes) is 7. The number of hydrogen-bond donors (Lipinski definition) is 3. The van der Waals surface area contributed by atoms with Crippen molar-refractivity contribution in [3.63, 3.8) is 0 Å². The zero-order valence-corrected chi connectivity index (χ0v) is 14.3. The Morgan fingerprint density at radius 3 is 1.38 bits per heavy atom. The number of rotatable bonds is 15. The molecule has 0 bridgehead atoms. The first-order chi connectivity index (χ1) is 10.1. The summed E-state index contributed by atoms with van der Waals surface area (Å²) in [6.07, 6.45) is 11.5. The maximum atomic E-state index is 9.91. The first kappa shape index (κ1) is 20.9. The van der Waals surface area contributed by atoms with Crippen molar-refractivity contribution in [2.75, 3.05) is 6.61 Å². The van der Waals surface area contributed by atoms with Gasteiger partial charge in [-0.3, -0.25) is 0 Å². The molecule has 0 rings (SSSR count). The maximum absolute atomic E-state index is 9.91. The molecule has 0 aliphatic carbocycles. The van der Waals surface area contributed by atoms with Gasteiger partial charge < -0.3 is 15.3 Å². The van der Waals surface area contributed by atoms with E-state index in [2.05, 4.69) is 13.8 Å². The van der Waals surface area contributed by atoms with Crippen LogP contribution in [-0.4, -0.2) is 34.1 Å². The number of hydrogen-bond acceptors (Lipinski definition) is 3. The Bertz CT molecular complexity index is 207. The van der Waals surface area contributed by atoms with E-state index in [1.165, 1.54) is 32.1 Å². The molecule has 3 N–H and O–H groups in total. The minimum Gasteiger partial charge on any atom is -0.396 e. The average Bonchev–Trinajstić information content (AvgIpc) is 2.45. The molecule has 0 aliphatic rings. The van der Waals surface area contributed by atoms with E-state index in [9.17, 15) is 10.2 Å². The van der Waals surface area contributed by atoms with Crippen molar-refractivity contribution in [1.82, 2.24) is 0 Å². The van der Waals surface area contributed by atoms with Crippen LogP contribution in [0.15, 0.2) is 0 Å². The standard InChI is InChI=1S/C18H38O3/c1-16(2)12-8-4-3-5-9-13-17(20)18(21)14-10-6-7-11-15-19/h16-21H,3-15H2,1-2H3. The molecule has 0 radical (unpaired) electrons. The van der Waals surface area contributed by atoms with Crippen molar-refractivity contribution in [2.24, 2.45) is 5.92 Å². The molecule has 0 aromatic heterocycles. The van der Waals surface area contributed by atoms with Gasteiger partial charge in [0.2, 0.25) is 0 Å². The second-order valence-electron chi connectivity index (χ2n) is 6.80. The average molecular weight is 302 g/mol. The molecule has 21 heavy (non-hydrogen) atoms. The topological polar surface area (TPSA) is 60.7 Å². The summed E-state index contributed by atoms with van der Waals surface area (Å²) in [5.41, 5.74) is 0. The number of aliphatic hydroxyl groups is 3. The normalized spacial score (nSPS) is 14.6. The zero-order chi connectivity index (χ0) is 15.9. The van der Waals surface area contributed by atoms with Crippen LogP contribution in [0.4, 0.5) is 0 Å². The first-order valence-electron chi connectivity index (χ1n) is 9.05. The van der Waals surface area contributed by atoms with Crippen LogP contribution in [0.1, 0.15) is 90.9 Å². The SMILES string of the molecule is CC(C)CCCCCCCC(O)C(O)CCCCCCO. The highest BCUT2D eigenvalue weighted by Crippen LogP contribution is 2.15. The molecule has 0 heterocycles. The maximum Gasteiger partial charge on any atom is 0.0799 e. The highest BCUT2D eigenvalue weighted by Gasteiger charge is 2.15. The van der Waals surface area contributed by atoms with Gasteiger partial charge in [0.25, 0.3) is 0 Å². The van der Waals surface area contributed by atoms with Crippen LogP contribution in [0.25, 0.3) is 0 Å². The van der Waals surface area contributed by atoms with Gasteiger partial charge in [0, 0.05) is 6.61 Å². The molecule has 0 aliphatic heterocycles. The zero-order valence-electron chi connectivity index (χ0n) is 14.3. The lowest BCUT2D eigenvalue weighted by atomic mass is 9.99. The largest absolute Gasteiger partial charge is 0.396 e. The molecule has 0 aromatic carbocycles. The fourth-order valence-corrected chi connectivity index (χ4v) is 2.64. The summed E-state index contributed by atoms with van der Waals surface area (Å²) in [5, 5.41) is 28.5. The molecule has 3 heteroatoms. The van der Waals surface area contributed by atoms with E-state index in [4.69, 9.17) is 5.11 Å². The summed E-state index contributed by atoms with van der Waals surface area (Å²) in [5.74, 6) is 0.805. The van der Waals surface area contributed by atoms with E-state index in [0.29, 0.717) is 6.42 Å². The minimum absolute atomic E-state index is 0.252. The van der Waals surface area contributed by atoms with Gasteiger partial charge >= 0.3 is 0 Å². The fourth-order valence-electron chi connectivity index (χ4n) is 2.64. The van der Waals surface area contributed by atoms with Crippen molar-refractivity contribution in [1.29, 1.82) is 0 Å². The molecule has 2 unspecified atom stereocenters. The Balaban J connectivity index is 3.36. The van der Waals surface area contributed by atoms with Gasteiger partial charge in [0.1, 0.15) is 0 Å². The monoisotopic (exact) mass is 302 g/mol. The minimum atomic E-state index is -0.569. The van der Waals surface area contributed by atoms with Crippen LogP contribution >= 0.6 is 0 Å². The summed E-state index contributed by atoms with van der Waals surface area (Å²) < 4.78 is 0. The van der Waals surface area contributed by atoms with Gasteiger partial charge in [0.15, 0.2) is 0 Å². The van der Waals surface area contributed by atoms with Crippen LogP contribution < -0.4 is 0 Å². The van der Waals surface area contributed by atoms with Crippen molar-refractivity contribution in [3.8, 4) is 0 Å². The smallest absolute Gasteiger partial charge is 0.0799 e. The van der Waals surface area contributed by atoms with Crippen molar-refractivity contribution in [3.05, 3.63) is 0 Å². The van der Waals surface area contributed by atoms with Crippen molar-refractivity contribution in [2.45, 2.75) is 103 Å². The van der Waals surface area contributed by atoms with Crippen LogP contribution in [0.2, 0.25) is 0 Å². The van der Waals surface area contributed by atoms with E-state index in [0.717, 1.165) is 44.4 Å². The third-order valence-corrected chi connectivity index (χ3v) is 4.13. The van der Waals surface area contributed by atoms with Gasteiger partial charge in [-0.2, -0.15) is 0 Å². The third-order valence-electron chi connectivity index (χ3n) is 4.13. The Hall–Kier alpha value is -0.120. The summed E-state index contributed by atoms with van der Waals surface area (Å²) in [4.78, 5) is 0. The molecule has 0 saturated heterocycles. The highest BCUT2D eigenvalue weighted by molar-refractivity contribution is 4.67. The van der Waals surface area contributed by atoms with Crippen molar-refractivity contribution < 1.29 is 15.3 Å². The molecule has 0 aromatic rings. The number of aliphatic hydroxyl groups excluding tert-OH is 3. The molecule has 128 valence electrons. The molecule has 2 atom stereocenters. The predicted octanol–water partition coefficient (Wildman–Crippen LogP) is 4.04. The lowest BCUT2D eigenvalue weighted by molar-refractivity contribution is 0.00708. The molecule has 0 amide bonds. The highest BCUT2D eigenvalue weighted by atomic mass is 16.3. The predicted molar refractivity (Wildman–Crippen MR) is 89.3 cm³/mol. The summed E-state index contributed by atoms with van der Waals surface area (Å²) >= 11 is 0. The summed E-state index contributed by atoms with van der Waals surface area (Å²) in [6.45, 7) is 4.78. The van der Waals surface area contributed by atoms with E-state index in [1.54, 1.807) is 0 Å². The Morgan fingerprint density at radius 1 is 0.571 bits per heavy atom. The summed E-state index contributed by atoms with van der Waals surface area (Å²) in [7, 11) is 0. The summed E-state index contributed by atoms with van der Waals surface area (Å²) in [6, 6.07) is 0. The third kappa shape index (κ3) is 14.6. The Morgan fingerprint density at radius 2 is 0.952 bits per heavy atom. The molecule has 0 spiro atoms. The van der Waals surface area contributed by atoms with E-state index in [1.807, 2.05) is 0 Å². The van der Waals surface area contributed by atoms with Crippen LogP contribution in [0.5, 0.6) is 0 Å². The van der Waals surface area contributed by atoms with Crippen LogP contribution in [-0.2, 0) is 0 Å². The lowest BCUT2D eigenvalue weighted by Crippen LogP contribution is -2.25. The molecule has 0 saturated carbocycles. The Kier molecular flexibility index (Phi) is 14.7. The Labute approximate surface area is 131 Å². The van der Waals surface area contributed by atoms with Crippen molar-refractivity contribution >= 4 is 0 Å². The molecule has 0 fully saturated rings. The van der Waals surface area contributed by atoms with Gasteiger partial charge in [-0.15, -0.1) is 0 Å². The lowest BCUT2D eigenvalue weighted by Gasteiger charge is -2.17. The second-order valence-corrected chi connectivity index (χ2v) is 6.80. The van der Waals surface area contributed by atoms with Gasteiger partial charge in [0.05, 0.1) is 12.2 Å². The molecule has 3 nitrogen and oxygen atoms in total. The molecular formula is C18H38O3. The fraction of sp³-hybridized carbons (Fsp3) is 1.00.